The zero-order valence-corrected chi connectivity index (χ0v) is 16.5. The molecule has 1 aromatic heterocycles. The van der Waals surface area contributed by atoms with Crippen molar-refractivity contribution in [2.45, 2.75) is 58.5 Å². The van der Waals surface area contributed by atoms with Gasteiger partial charge < -0.3 is 10.2 Å². The van der Waals surface area contributed by atoms with Crippen LogP contribution < -0.4 is 15.9 Å². The Kier molecular flexibility index (Phi) is 5.30. The highest BCUT2D eigenvalue weighted by atomic mass is 16.1. The number of piperidine rings is 1. The highest BCUT2D eigenvalue weighted by Crippen LogP contribution is 2.28. The number of aromatic nitrogens is 2. The Morgan fingerprint density at radius 1 is 1.11 bits per heavy atom. The molecule has 1 aliphatic heterocycles. The lowest BCUT2D eigenvalue weighted by molar-refractivity contribution is 0.403. The van der Waals surface area contributed by atoms with Crippen molar-refractivity contribution < 1.29 is 0 Å². The lowest BCUT2D eigenvalue weighted by Crippen LogP contribution is -2.44. The minimum absolute atomic E-state index is 0.138. The van der Waals surface area contributed by atoms with Crippen LogP contribution in [-0.4, -0.2) is 35.2 Å². The first-order chi connectivity index (χ1) is 13.1. The Morgan fingerprint density at radius 2 is 1.89 bits per heavy atom. The van der Waals surface area contributed by atoms with Gasteiger partial charge in [0.15, 0.2) is 0 Å². The van der Waals surface area contributed by atoms with E-state index in [9.17, 15) is 4.79 Å². The molecule has 0 radical (unpaired) electrons. The highest BCUT2D eigenvalue weighted by Gasteiger charge is 2.20. The van der Waals surface area contributed by atoms with Crippen molar-refractivity contribution in [3.05, 3.63) is 57.3 Å². The minimum atomic E-state index is -0.138. The summed E-state index contributed by atoms with van der Waals surface area (Å²) in [6.45, 7) is 7.54. The summed E-state index contributed by atoms with van der Waals surface area (Å²) in [6, 6.07) is 9.55. The number of aryl methyl sites for hydroxylation is 4. The standard InChI is InChI=1S/C22H30N4O/c1-16-14-17(2)26(22(27)24-16)13-10-23-20-8-11-25(12-9-20)21-7-6-18-4-3-5-19(18)15-21/h6-7,14-15,20,23H,3-5,8-13H2,1-2H3. The van der Waals surface area contributed by atoms with Crippen LogP contribution in [0.5, 0.6) is 0 Å². The second-order valence-electron chi connectivity index (χ2n) is 8.00. The fourth-order valence-corrected chi connectivity index (χ4v) is 4.52. The molecule has 1 fully saturated rings. The lowest BCUT2D eigenvalue weighted by atomic mass is 10.0. The second kappa shape index (κ2) is 7.85. The second-order valence-corrected chi connectivity index (χ2v) is 8.00. The van der Waals surface area contributed by atoms with Crippen molar-refractivity contribution in [2.24, 2.45) is 0 Å². The Balaban J connectivity index is 1.27. The maximum Gasteiger partial charge on any atom is 0.347 e. The third-order valence-electron chi connectivity index (χ3n) is 6.06. The van der Waals surface area contributed by atoms with Gasteiger partial charge in [-0.05, 0) is 75.3 Å². The first-order valence-electron chi connectivity index (χ1n) is 10.3. The molecule has 2 aliphatic rings. The largest absolute Gasteiger partial charge is 0.371 e. The Morgan fingerprint density at radius 3 is 2.67 bits per heavy atom. The van der Waals surface area contributed by atoms with E-state index in [0.29, 0.717) is 12.6 Å². The zero-order valence-electron chi connectivity index (χ0n) is 16.5. The molecule has 0 atom stereocenters. The monoisotopic (exact) mass is 366 g/mol. The SMILES string of the molecule is Cc1cc(C)n(CCNC2CCN(c3ccc4c(c3)CCC4)CC2)c(=O)n1. The van der Waals surface area contributed by atoms with Gasteiger partial charge in [0, 0.05) is 49.3 Å². The molecule has 5 heteroatoms. The molecule has 1 aromatic carbocycles. The molecule has 0 spiro atoms. The van der Waals surface area contributed by atoms with Crippen molar-refractivity contribution >= 4 is 5.69 Å². The Hall–Kier alpha value is -2.14. The van der Waals surface area contributed by atoms with E-state index in [-0.39, 0.29) is 5.69 Å². The van der Waals surface area contributed by atoms with Gasteiger partial charge in [0.25, 0.3) is 0 Å². The number of nitrogens with zero attached hydrogens (tertiary/aromatic N) is 3. The van der Waals surface area contributed by atoms with Gasteiger partial charge in [-0.3, -0.25) is 4.57 Å². The normalized spacial score (nSPS) is 17.3. The van der Waals surface area contributed by atoms with Crippen LogP contribution in [0, 0.1) is 13.8 Å². The average molecular weight is 367 g/mol. The van der Waals surface area contributed by atoms with Gasteiger partial charge in [0.1, 0.15) is 0 Å². The summed E-state index contributed by atoms with van der Waals surface area (Å²) in [5, 5.41) is 3.64. The van der Waals surface area contributed by atoms with E-state index in [4.69, 9.17) is 0 Å². The molecule has 1 aliphatic carbocycles. The van der Waals surface area contributed by atoms with E-state index < -0.39 is 0 Å². The van der Waals surface area contributed by atoms with Gasteiger partial charge >= 0.3 is 5.69 Å². The van der Waals surface area contributed by atoms with Crippen molar-refractivity contribution in [3.8, 4) is 0 Å². The van der Waals surface area contributed by atoms with Crippen LogP contribution in [-0.2, 0) is 19.4 Å². The van der Waals surface area contributed by atoms with Gasteiger partial charge in [0.05, 0.1) is 0 Å². The van der Waals surface area contributed by atoms with Crippen LogP contribution in [0.2, 0.25) is 0 Å². The Labute approximate surface area is 161 Å². The average Bonchev–Trinajstić information content (AvgIpc) is 3.12. The van der Waals surface area contributed by atoms with Gasteiger partial charge in [-0.2, -0.15) is 4.98 Å². The number of benzene rings is 1. The van der Waals surface area contributed by atoms with Gasteiger partial charge in [-0.25, -0.2) is 4.79 Å². The van der Waals surface area contributed by atoms with E-state index in [1.807, 2.05) is 19.9 Å². The molecule has 5 nitrogen and oxygen atoms in total. The van der Waals surface area contributed by atoms with E-state index >= 15 is 0 Å². The highest BCUT2D eigenvalue weighted by molar-refractivity contribution is 5.52. The molecule has 1 N–H and O–H groups in total. The predicted molar refractivity (Wildman–Crippen MR) is 110 cm³/mol. The molecule has 4 rings (SSSR count). The number of anilines is 1. The summed E-state index contributed by atoms with van der Waals surface area (Å²) in [7, 11) is 0. The third kappa shape index (κ3) is 4.08. The van der Waals surface area contributed by atoms with E-state index in [2.05, 4.69) is 33.4 Å². The number of fused-ring (bicyclic) bond motifs is 1. The smallest absolute Gasteiger partial charge is 0.347 e. The number of hydrogen-bond donors (Lipinski definition) is 1. The summed E-state index contributed by atoms with van der Waals surface area (Å²) < 4.78 is 1.76. The molecule has 2 aromatic rings. The van der Waals surface area contributed by atoms with Crippen LogP contribution in [0.25, 0.3) is 0 Å². The van der Waals surface area contributed by atoms with Crippen molar-refractivity contribution in [2.75, 3.05) is 24.5 Å². The first kappa shape index (κ1) is 18.2. The van der Waals surface area contributed by atoms with Crippen LogP contribution in [0.1, 0.15) is 41.8 Å². The third-order valence-corrected chi connectivity index (χ3v) is 6.06. The molecule has 2 heterocycles. The summed E-state index contributed by atoms with van der Waals surface area (Å²) in [5.74, 6) is 0. The molecule has 144 valence electrons. The van der Waals surface area contributed by atoms with E-state index in [0.717, 1.165) is 43.9 Å². The molecule has 0 amide bonds. The summed E-state index contributed by atoms with van der Waals surface area (Å²) in [5.41, 5.74) is 6.14. The number of nitrogens with one attached hydrogen (secondary N) is 1. The maximum absolute atomic E-state index is 12.0. The van der Waals surface area contributed by atoms with Crippen molar-refractivity contribution in [1.82, 2.24) is 14.9 Å². The zero-order chi connectivity index (χ0) is 18.8. The van der Waals surface area contributed by atoms with Gasteiger partial charge in [-0.1, -0.05) is 6.07 Å². The van der Waals surface area contributed by atoms with E-state index in [1.165, 1.54) is 24.9 Å². The molecule has 0 saturated carbocycles. The fraction of sp³-hybridized carbons (Fsp3) is 0.545. The lowest BCUT2D eigenvalue weighted by Gasteiger charge is -2.34. The molecular formula is C22H30N4O. The number of hydrogen-bond acceptors (Lipinski definition) is 4. The topological polar surface area (TPSA) is 50.2 Å². The molecular weight excluding hydrogens is 336 g/mol. The van der Waals surface area contributed by atoms with Crippen molar-refractivity contribution in [3.63, 3.8) is 0 Å². The van der Waals surface area contributed by atoms with Gasteiger partial charge in [0.2, 0.25) is 0 Å². The molecule has 27 heavy (non-hydrogen) atoms. The van der Waals surface area contributed by atoms with Crippen molar-refractivity contribution in [1.29, 1.82) is 0 Å². The molecule has 0 unspecified atom stereocenters. The van der Waals surface area contributed by atoms with Crippen LogP contribution >= 0.6 is 0 Å². The first-order valence-corrected chi connectivity index (χ1v) is 10.3. The maximum atomic E-state index is 12.0. The summed E-state index contributed by atoms with van der Waals surface area (Å²) in [4.78, 5) is 18.6. The fourth-order valence-electron chi connectivity index (χ4n) is 4.52. The summed E-state index contributed by atoms with van der Waals surface area (Å²) in [6.07, 6.45) is 6.10. The minimum Gasteiger partial charge on any atom is -0.371 e. The molecule has 0 bridgehead atoms. The number of rotatable bonds is 5. The van der Waals surface area contributed by atoms with Gasteiger partial charge in [-0.15, -0.1) is 0 Å². The Bertz CT molecular complexity index is 865. The van der Waals surface area contributed by atoms with Crippen LogP contribution in [0.3, 0.4) is 0 Å². The quantitative estimate of drug-likeness (QED) is 0.884. The summed E-state index contributed by atoms with van der Waals surface area (Å²) >= 11 is 0. The van der Waals surface area contributed by atoms with Crippen LogP contribution in [0.15, 0.2) is 29.1 Å². The predicted octanol–water partition coefficient (Wildman–Crippen LogP) is 2.61. The van der Waals surface area contributed by atoms with Crippen LogP contribution in [0.4, 0.5) is 5.69 Å². The molecule has 1 saturated heterocycles. The van der Waals surface area contributed by atoms with E-state index in [1.54, 1.807) is 15.7 Å².